The summed E-state index contributed by atoms with van der Waals surface area (Å²) < 4.78 is 26.3. The predicted molar refractivity (Wildman–Crippen MR) is 413 cm³/mol. The molecule has 528 valence electrons. The maximum absolute atomic E-state index is 6.57. The van der Waals surface area contributed by atoms with E-state index in [9.17, 15) is 0 Å². The summed E-state index contributed by atoms with van der Waals surface area (Å²) in [6.45, 7) is 10.5. The van der Waals surface area contributed by atoms with Crippen molar-refractivity contribution in [2.45, 2.75) is 464 Å². The Morgan fingerprint density at radius 1 is 0.169 bits per heavy atom. The van der Waals surface area contributed by atoms with Crippen molar-refractivity contribution in [3.8, 4) is 0 Å². The summed E-state index contributed by atoms with van der Waals surface area (Å²) in [6, 6.07) is 0. The molecule has 0 saturated heterocycles. The maximum Gasteiger partial charge on any atom is 0.159 e. The minimum atomic E-state index is -0.672. The van der Waals surface area contributed by atoms with Crippen LogP contribution in [0.15, 0.2) is 0 Å². The van der Waals surface area contributed by atoms with Gasteiger partial charge in [0.1, 0.15) is 31.8 Å². The largest absolute Gasteiger partial charge is 0.486 e. The zero-order chi connectivity index (χ0) is 64.5. The molecule has 0 bridgehead atoms. The second-order valence-electron chi connectivity index (χ2n) is 28.4. The molecule has 0 N–H and O–H groups in total. The van der Waals surface area contributed by atoms with Gasteiger partial charge in [0.25, 0.3) is 0 Å². The molecular formula is C81H156O4S4. The topological polar surface area (TPSA) is 36.9 Å². The van der Waals surface area contributed by atoms with Crippen molar-refractivity contribution in [2.24, 2.45) is 5.41 Å². The highest BCUT2D eigenvalue weighted by Gasteiger charge is 2.37. The quantitative estimate of drug-likeness (QED) is 0.0441. The number of thiocarbonyl (C=S) groups is 4. The first-order chi connectivity index (χ1) is 43.8. The van der Waals surface area contributed by atoms with E-state index in [2.05, 4.69) is 27.7 Å². The Balaban J connectivity index is 5.39. The molecule has 4 nitrogen and oxygen atoms in total. The molecule has 0 unspecified atom stereocenters. The second-order valence-corrected chi connectivity index (χ2v) is 30.2. The van der Waals surface area contributed by atoms with Crippen molar-refractivity contribution in [1.29, 1.82) is 0 Å². The monoisotopic (exact) mass is 1320 g/mol. The smallest absolute Gasteiger partial charge is 0.159 e. The molecule has 0 rings (SSSR count). The molecule has 0 spiro atoms. The lowest BCUT2D eigenvalue weighted by Gasteiger charge is -2.33. The Morgan fingerprint density at radius 2 is 0.270 bits per heavy atom. The number of unbranched alkanes of at least 4 members (excludes halogenated alkanes) is 60. The molecule has 0 saturated carbocycles. The zero-order valence-electron chi connectivity index (χ0n) is 60.7. The van der Waals surface area contributed by atoms with Crippen LogP contribution in [0.3, 0.4) is 0 Å². The fourth-order valence-electron chi connectivity index (χ4n) is 12.7. The second kappa shape index (κ2) is 74.9. The third-order valence-electron chi connectivity index (χ3n) is 19.1. The summed E-state index contributed by atoms with van der Waals surface area (Å²) in [6.07, 6.45) is 89.9. The predicted octanol–water partition coefficient (Wildman–Crippen LogP) is 30.0. The van der Waals surface area contributed by atoms with Crippen LogP contribution < -0.4 is 0 Å². The lowest BCUT2D eigenvalue weighted by molar-refractivity contribution is -0.0163. The molecule has 0 atom stereocenters. The number of hydrogen-bond donors (Lipinski definition) is 0. The van der Waals surface area contributed by atoms with Gasteiger partial charge in [-0.25, -0.2) is 0 Å². The average molecular weight is 1320 g/mol. The van der Waals surface area contributed by atoms with Crippen LogP contribution in [0, 0.1) is 5.41 Å². The Labute approximate surface area is 580 Å². The summed E-state index contributed by atoms with van der Waals surface area (Å²) in [4.78, 5) is 0. The fraction of sp³-hybridized carbons (Fsp3) is 0.951. The van der Waals surface area contributed by atoms with E-state index in [0.29, 0.717) is 46.6 Å². The molecule has 89 heavy (non-hydrogen) atoms. The zero-order valence-corrected chi connectivity index (χ0v) is 63.9. The van der Waals surface area contributed by atoms with Crippen molar-refractivity contribution in [3.05, 3.63) is 0 Å². The van der Waals surface area contributed by atoms with Crippen molar-refractivity contribution < 1.29 is 18.9 Å². The van der Waals surface area contributed by atoms with E-state index in [1.807, 2.05) is 0 Å². The van der Waals surface area contributed by atoms with E-state index < -0.39 is 5.41 Å². The van der Waals surface area contributed by atoms with E-state index in [1.54, 1.807) is 0 Å². The third-order valence-corrected chi connectivity index (χ3v) is 20.4. The minimum Gasteiger partial charge on any atom is -0.486 e. The third kappa shape index (κ3) is 70.2. The van der Waals surface area contributed by atoms with Gasteiger partial charge in [0.05, 0.1) is 0 Å². The molecular weight excluding hydrogens is 1170 g/mol. The van der Waals surface area contributed by atoms with Crippen molar-refractivity contribution in [1.82, 2.24) is 0 Å². The van der Waals surface area contributed by atoms with Gasteiger partial charge in [0, 0.05) is 25.7 Å². The highest BCUT2D eigenvalue weighted by Crippen LogP contribution is 2.26. The lowest BCUT2D eigenvalue weighted by Crippen LogP contribution is -2.43. The van der Waals surface area contributed by atoms with Gasteiger partial charge >= 0.3 is 0 Å². The van der Waals surface area contributed by atoms with Gasteiger partial charge in [-0.2, -0.15) is 0 Å². The van der Waals surface area contributed by atoms with Crippen LogP contribution in [0.2, 0.25) is 0 Å². The highest BCUT2D eigenvalue weighted by atomic mass is 32.1. The normalized spacial score (nSPS) is 11.6. The first kappa shape index (κ1) is 88.6. The molecule has 8 heteroatoms. The van der Waals surface area contributed by atoms with Crippen molar-refractivity contribution >= 4 is 69.1 Å². The summed E-state index contributed by atoms with van der Waals surface area (Å²) in [5.41, 5.74) is -0.672. The minimum absolute atomic E-state index is 0.329. The molecule has 0 aromatic rings. The molecule has 0 aliphatic heterocycles. The highest BCUT2D eigenvalue weighted by molar-refractivity contribution is 7.80. The molecule has 0 heterocycles. The van der Waals surface area contributed by atoms with E-state index in [4.69, 9.17) is 67.8 Å². The van der Waals surface area contributed by atoms with Crippen LogP contribution >= 0.6 is 48.9 Å². The number of rotatable bonds is 76. The molecule has 0 aromatic heterocycles. The molecule has 0 aliphatic rings. The fourth-order valence-corrected chi connectivity index (χ4v) is 13.6. The van der Waals surface area contributed by atoms with Crippen LogP contribution in [0.1, 0.15) is 464 Å². The summed E-state index contributed by atoms with van der Waals surface area (Å²) >= 11 is 23.9. The Kier molecular flexibility index (Phi) is 74.6. The Hall–Kier alpha value is -0.440. The van der Waals surface area contributed by atoms with Crippen LogP contribution in [-0.2, 0) is 18.9 Å². The van der Waals surface area contributed by atoms with Crippen LogP contribution in [0.4, 0.5) is 0 Å². The molecule has 0 amide bonds. The molecule has 0 radical (unpaired) electrons. The number of ether oxygens (including phenoxy) is 4. The van der Waals surface area contributed by atoms with Gasteiger partial charge in [-0.1, -0.05) is 413 Å². The van der Waals surface area contributed by atoms with E-state index >= 15 is 0 Å². The maximum atomic E-state index is 6.57. The van der Waals surface area contributed by atoms with Crippen molar-refractivity contribution in [3.63, 3.8) is 0 Å². The van der Waals surface area contributed by atoms with Gasteiger partial charge in [0.2, 0.25) is 0 Å². The van der Waals surface area contributed by atoms with Gasteiger partial charge in [-0.3, -0.25) is 0 Å². The van der Waals surface area contributed by atoms with E-state index in [-0.39, 0.29) is 0 Å². The molecule has 0 aliphatic carbocycles. The van der Waals surface area contributed by atoms with Gasteiger partial charge in [0.15, 0.2) is 20.2 Å². The average Bonchev–Trinajstić information content (AvgIpc) is 3.62. The van der Waals surface area contributed by atoms with Crippen LogP contribution in [-0.4, -0.2) is 46.6 Å². The van der Waals surface area contributed by atoms with Crippen LogP contribution in [0.5, 0.6) is 0 Å². The summed E-state index contributed by atoms with van der Waals surface area (Å²) in [5, 5.41) is 2.67. The lowest BCUT2D eigenvalue weighted by atomic mass is 9.92. The molecule has 0 fully saturated rings. The first-order valence-corrected chi connectivity index (χ1v) is 42.1. The Bertz CT molecular complexity index is 1240. The number of hydrogen-bond acceptors (Lipinski definition) is 8. The van der Waals surface area contributed by atoms with Gasteiger partial charge in [-0.15, -0.1) is 0 Å². The van der Waals surface area contributed by atoms with Gasteiger partial charge < -0.3 is 18.9 Å². The van der Waals surface area contributed by atoms with Gasteiger partial charge in [-0.05, 0) is 74.6 Å². The van der Waals surface area contributed by atoms with E-state index in [1.165, 1.54) is 385 Å². The first-order valence-electron chi connectivity index (χ1n) is 40.4. The summed E-state index contributed by atoms with van der Waals surface area (Å²) in [7, 11) is 0. The molecule has 0 aromatic carbocycles. The Morgan fingerprint density at radius 3 is 0.382 bits per heavy atom. The van der Waals surface area contributed by atoms with Crippen molar-refractivity contribution in [2.75, 3.05) is 26.4 Å². The SMILES string of the molecule is CCCCCCCCCCCCCCCCCCC(=S)OCC(COC(=S)CCCCCCCCCCCCCCCCCC)(COC(=S)CCCCCCCCCCCCCCCCCC)COC(=S)CCCCCCCCCCCCCCCCCC. The van der Waals surface area contributed by atoms with Crippen LogP contribution in [0.25, 0.3) is 0 Å². The summed E-state index contributed by atoms with van der Waals surface area (Å²) in [5.74, 6) is 0. The standard InChI is InChI=1S/C81H156O4S4/c1-5-9-13-17-21-25-29-33-37-41-45-49-53-57-61-65-69-77(86)82-73-81(74-83-78(87)70-66-62-58-54-50-46-42-38-34-30-26-22-18-14-10-6-2,75-84-79(88)71-67-63-59-55-51-47-43-39-35-31-27-23-19-15-11-7-3)76-85-80(89)72-68-64-60-56-52-48-44-40-36-32-28-24-20-16-12-8-4/h5-76H2,1-4H3. The van der Waals surface area contributed by atoms with E-state index in [0.717, 1.165) is 51.4 Å².